The standard InChI is InChI=1S/C17H20N4O4S/c22-7-13-19-20-16(21(13)11-1-2-11)9-5-10(6-9)18-17(23)15-14-12(8-26-15)24-3-4-25-14/h8-11,22H,1-7H2,(H,18,23). The number of rotatable bonds is 5. The van der Waals surface area contributed by atoms with Crippen molar-refractivity contribution >= 4 is 17.2 Å². The van der Waals surface area contributed by atoms with E-state index < -0.39 is 0 Å². The number of amides is 1. The molecule has 0 bridgehead atoms. The molecule has 0 saturated heterocycles. The third kappa shape index (κ3) is 2.66. The Morgan fingerprint density at radius 1 is 1.31 bits per heavy atom. The maximum absolute atomic E-state index is 12.6. The summed E-state index contributed by atoms with van der Waals surface area (Å²) in [6.07, 6.45) is 3.92. The number of nitrogens with zero attached hydrogens (tertiary/aromatic N) is 3. The first-order valence-electron chi connectivity index (χ1n) is 8.97. The first-order valence-corrected chi connectivity index (χ1v) is 9.85. The first kappa shape index (κ1) is 16.1. The number of aromatic nitrogens is 3. The Morgan fingerprint density at radius 3 is 2.88 bits per heavy atom. The molecule has 26 heavy (non-hydrogen) atoms. The highest BCUT2D eigenvalue weighted by molar-refractivity contribution is 7.12. The van der Waals surface area contributed by atoms with Crippen LogP contribution in [0, 0.1) is 0 Å². The van der Waals surface area contributed by atoms with Crippen molar-refractivity contribution in [3.63, 3.8) is 0 Å². The van der Waals surface area contributed by atoms with E-state index in [9.17, 15) is 9.90 Å². The summed E-state index contributed by atoms with van der Waals surface area (Å²) in [4.78, 5) is 13.1. The first-order chi connectivity index (χ1) is 12.7. The van der Waals surface area contributed by atoms with Gasteiger partial charge in [0.25, 0.3) is 5.91 Å². The molecule has 138 valence electrons. The summed E-state index contributed by atoms with van der Waals surface area (Å²) >= 11 is 1.35. The lowest BCUT2D eigenvalue weighted by Gasteiger charge is -2.35. The zero-order valence-corrected chi connectivity index (χ0v) is 15.0. The zero-order valence-electron chi connectivity index (χ0n) is 14.2. The highest BCUT2D eigenvalue weighted by Crippen LogP contribution is 2.43. The number of aliphatic hydroxyl groups is 1. The number of carbonyl (C=O) groups excluding carboxylic acids is 1. The lowest BCUT2D eigenvalue weighted by Crippen LogP contribution is -2.44. The lowest BCUT2D eigenvalue weighted by atomic mass is 9.79. The molecule has 2 aliphatic carbocycles. The van der Waals surface area contributed by atoms with Crippen molar-refractivity contribution in [2.45, 2.75) is 50.3 Å². The van der Waals surface area contributed by atoms with Gasteiger partial charge in [0.1, 0.15) is 30.5 Å². The van der Waals surface area contributed by atoms with Crippen LogP contribution in [0.3, 0.4) is 0 Å². The third-order valence-corrected chi connectivity index (χ3v) is 6.13. The lowest BCUT2D eigenvalue weighted by molar-refractivity contribution is 0.0902. The van der Waals surface area contributed by atoms with Crippen molar-refractivity contribution in [2.24, 2.45) is 0 Å². The molecule has 2 aromatic heterocycles. The van der Waals surface area contributed by atoms with E-state index in [1.54, 1.807) is 0 Å². The average Bonchev–Trinajstić information content (AvgIpc) is 3.23. The molecule has 1 aliphatic heterocycles. The molecule has 2 N–H and O–H groups in total. The molecule has 9 heteroatoms. The minimum atomic E-state index is -0.107. The Morgan fingerprint density at radius 2 is 2.12 bits per heavy atom. The van der Waals surface area contributed by atoms with Gasteiger partial charge in [-0.3, -0.25) is 4.79 Å². The van der Waals surface area contributed by atoms with E-state index in [1.807, 2.05) is 5.38 Å². The number of aliphatic hydroxyl groups excluding tert-OH is 1. The number of ether oxygens (including phenoxy) is 2. The quantitative estimate of drug-likeness (QED) is 0.823. The molecule has 5 rings (SSSR count). The highest BCUT2D eigenvalue weighted by atomic mass is 32.1. The normalized spacial score (nSPS) is 24.2. The number of fused-ring (bicyclic) bond motifs is 1. The van der Waals surface area contributed by atoms with Gasteiger partial charge in [0.15, 0.2) is 17.3 Å². The molecule has 2 fully saturated rings. The summed E-state index contributed by atoms with van der Waals surface area (Å²) in [7, 11) is 0. The Kier molecular flexibility index (Phi) is 3.86. The van der Waals surface area contributed by atoms with Gasteiger partial charge in [0, 0.05) is 23.4 Å². The average molecular weight is 376 g/mol. The molecule has 8 nitrogen and oxygen atoms in total. The van der Waals surface area contributed by atoms with Crippen molar-refractivity contribution in [3.05, 3.63) is 21.9 Å². The minimum Gasteiger partial charge on any atom is -0.485 e. The fourth-order valence-electron chi connectivity index (χ4n) is 3.67. The van der Waals surface area contributed by atoms with Gasteiger partial charge in [-0.2, -0.15) is 0 Å². The van der Waals surface area contributed by atoms with E-state index in [2.05, 4.69) is 20.1 Å². The number of thiophene rings is 1. The summed E-state index contributed by atoms with van der Waals surface area (Å²) < 4.78 is 13.2. The molecule has 3 aliphatic rings. The molecule has 0 unspecified atom stereocenters. The molecule has 0 spiro atoms. The Labute approximate surface area is 154 Å². The van der Waals surface area contributed by atoms with Crippen molar-refractivity contribution < 1.29 is 19.4 Å². The van der Waals surface area contributed by atoms with Crippen LogP contribution < -0.4 is 14.8 Å². The van der Waals surface area contributed by atoms with Crippen LogP contribution in [-0.2, 0) is 6.61 Å². The molecule has 2 saturated carbocycles. The summed E-state index contributed by atoms with van der Waals surface area (Å²) in [5, 5.41) is 22.8. The van der Waals surface area contributed by atoms with Crippen LogP contribution in [0.2, 0.25) is 0 Å². The van der Waals surface area contributed by atoms with Gasteiger partial charge in [-0.25, -0.2) is 0 Å². The van der Waals surface area contributed by atoms with Crippen LogP contribution in [0.1, 0.15) is 59.0 Å². The summed E-state index contributed by atoms with van der Waals surface area (Å²) in [5.74, 6) is 3.00. The van der Waals surface area contributed by atoms with Crippen LogP contribution in [0.15, 0.2) is 5.38 Å². The van der Waals surface area contributed by atoms with Crippen LogP contribution in [0.25, 0.3) is 0 Å². The van der Waals surface area contributed by atoms with E-state index in [0.29, 0.717) is 41.5 Å². The third-order valence-electron chi connectivity index (χ3n) is 5.19. The summed E-state index contributed by atoms with van der Waals surface area (Å²) in [6.45, 7) is 0.911. The smallest absolute Gasteiger partial charge is 0.265 e. The predicted molar refractivity (Wildman–Crippen MR) is 92.8 cm³/mol. The van der Waals surface area contributed by atoms with Crippen molar-refractivity contribution in [1.29, 1.82) is 0 Å². The highest BCUT2D eigenvalue weighted by Gasteiger charge is 2.39. The monoisotopic (exact) mass is 376 g/mol. The van der Waals surface area contributed by atoms with Gasteiger partial charge >= 0.3 is 0 Å². The molecule has 1 amide bonds. The maximum atomic E-state index is 12.6. The Hall–Kier alpha value is -2.13. The molecule has 2 aromatic rings. The van der Waals surface area contributed by atoms with E-state index in [-0.39, 0.29) is 24.5 Å². The Balaban J connectivity index is 1.23. The van der Waals surface area contributed by atoms with Gasteiger partial charge in [-0.15, -0.1) is 21.5 Å². The van der Waals surface area contributed by atoms with Gasteiger partial charge in [0.05, 0.1) is 0 Å². The van der Waals surface area contributed by atoms with Crippen molar-refractivity contribution in [3.8, 4) is 11.5 Å². The van der Waals surface area contributed by atoms with Gasteiger partial charge < -0.3 is 24.5 Å². The summed E-state index contributed by atoms with van der Waals surface area (Å²) in [5.41, 5.74) is 0. The predicted octanol–water partition coefficient (Wildman–Crippen LogP) is 1.61. The van der Waals surface area contributed by atoms with Crippen LogP contribution in [-0.4, -0.2) is 45.0 Å². The largest absolute Gasteiger partial charge is 0.485 e. The molecular formula is C17H20N4O4S. The molecule has 0 aromatic carbocycles. The van der Waals surface area contributed by atoms with Crippen molar-refractivity contribution in [1.82, 2.24) is 20.1 Å². The maximum Gasteiger partial charge on any atom is 0.265 e. The SMILES string of the molecule is O=C(NC1CC(c2nnc(CO)n2C2CC2)C1)c1scc2c1OCCO2. The second kappa shape index (κ2) is 6.24. The second-order valence-electron chi connectivity index (χ2n) is 7.03. The molecular weight excluding hydrogens is 356 g/mol. The van der Waals surface area contributed by atoms with Crippen LogP contribution >= 0.6 is 11.3 Å². The minimum absolute atomic E-state index is 0.0814. The van der Waals surface area contributed by atoms with E-state index in [4.69, 9.17) is 9.47 Å². The van der Waals surface area contributed by atoms with Gasteiger partial charge in [0.2, 0.25) is 0 Å². The molecule has 0 radical (unpaired) electrons. The number of carbonyl (C=O) groups is 1. The van der Waals surface area contributed by atoms with Crippen molar-refractivity contribution in [2.75, 3.05) is 13.2 Å². The fraction of sp³-hybridized carbons (Fsp3) is 0.588. The number of hydrogen-bond donors (Lipinski definition) is 2. The topological polar surface area (TPSA) is 98.5 Å². The molecule has 0 atom stereocenters. The zero-order chi connectivity index (χ0) is 17.7. The van der Waals surface area contributed by atoms with Crippen LogP contribution in [0.4, 0.5) is 0 Å². The van der Waals surface area contributed by atoms with E-state index >= 15 is 0 Å². The van der Waals surface area contributed by atoms with E-state index in [0.717, 1.165) is 31.5 Å². The fourth-order valence-corrected chi connectivity index (χ4v) is 4.50. The Bertz CT molecular complexity index is 838. The van der Waals surface area contributed by atoms with Crippen LogP contribution in [0.5, 0.6) is 11.5 Å². The van der Waals surface area contributed by atoms with Gasteiger partial charge in [-0.1, -0.05) is 0 Å². The van der Waals surface area contributed by atoms with E-state index in [1.165, 1.54) is 11.3 Å². The van der Waals surface area contributed by atoms with Gasteiger partial charge in [-0.05, 0) is 25.7 Å². The molecule has 3 heterocycles. The second-order valence-corrected chi connectivity index (χ2v) is 7.91. The number of nitrogens with one attached hydrogen (secondary N) is 1. The summed E-state index contributed by atoms with van der Waals surface area (Å²) in [6, 6.07) is 0.558. The number of hydrogen-bond acceptors (Lipinski definition) is 7.